The molecule has 2 unspecified atom stereocenters. The Bertz CT molecular complexity index is 334. The molecule has 2 N–H and O–H groups in total. The van der Waals surface area contributed by atoms with Gasteiger partial charge in [0.2, 0.25) is 0 Å². The van der Waals surface area contributed by atoms with E-state index in [1.807, 2.05) is 24.3 Å². The minimum atomic E-state index is -0.398. The lowest BCUT2D eigenvalue weighted by Crippen LogP contribution is -2.23. The number of hydrogen-bond donors (Lipinski definition) is 2. The number of ether oxygens (including phenoxy) is 1. The van der Waals surface area contributed by atoms with Crippen LogP contribution in [0, 0.1) is 0 Å². The molecule has 0 aliphatic carbocycles. The zero-order valence-electron chi connectivity index (χ0n) is 9.65. The molecule has 1 aliphatic heterocycles. The zero-order valence-corrected chi connectivity index (χ0v) is 9.65. The van der Waals surface area contributed by atoms with Gasteiger partial charge in [0.15, 0.2) is 0 Å². The molecule has 0 aromatic heterocycles. The molecular weight excluding hydrogens is 202 g/mol. The average Bonchev–Trinajstić information content (AvgIpc) is 2.82. The number of aliphatic hydroxyl groups excluding tert-OH is 1. The van der Waals surface area contributed by atoms with Crippen molar-refractivity contribution in [3.05, 3.63) is 29.8 Å². The van der Waals surface area contributed by atoms with E-state index in [4.69, 9.17) is 4.74 Å². The van der Waals surface area contributed by atoms with E-state index in [0.29, 0.717) is 6.04 Å². The molecule has 0 radical (unpaired) electrons. The molecule has 1 fully saturated rings. The average molecular weight is 221 g/mol. The lowest BCUT2D eigenvalue weighted by molar-refractivity contribution is 0.154. The molecule has 2 rings (SSSR count). The van der Waals surface area contributed by atoms with Gasteiger partial charge in [0.1, 0.15) is 5.75 Å². The van der Waals surface area contributed by atoms with E-state index in [0.717, 1.165) is 24.3 Å². The topological polar surface area (TPSA) is 41.5 Å². The molecule has 88 valence electrons. The lowest BCUT2D eigenvalue weighted by atomic mass is 10.0. The fourth-order valence-corrected chi connectivity index (χ4v) is 2.21. The fourth-order valence-electron chi connectivity index (χ4n) is 2.21. The summed E-state index contributed by atoms with van der Waals surface area (Å²) in [6.07, 6.45) is 2.77. The third kappa shape index (κ3) is 2.74. The Morgan fingerprint density at radius 1 is 1.56 bits per heavy atom. The van der Waals surface area contributed by atoms with E-state index >= 15 is 0 Å². The molecule has 1 aliphatic rings. The van der Waals surface area contributed by atoms with Crippen molar-refractivity contribution in [1.29, 1.82) is 0 Å². The second-order valence-electron chi connectivity index (χ2n) is 4.32. The smallest absolute Gasteiger partial charge is 0.119 e. The summed E-state index contributed by atoms with van der Waals surface area (Å²) >= 11 is 0. The number of aliphatic hydroxyl groups is 1. The molecule has 1 aromatic rings. The van der Waals surface area contributed by atoms with Crippen molar-refractivity contribution in [2.75, 3.05) is 13.7 Å². The molecule has 16 heavy (non-hydrogen) atoms. The van der Waals surface area contributed by atoms with E-state index < -0.39 is 6.10 Å². The summed E-state index contributed by atoms with van der Waals surface area (Å²) < 4.78 is 5.15. The predicted octanol–water partition coefficient (Wildman–Crippen LogP) is 1.87. The molecule has 1 heterocycles. The fraction of sp³-hybridized carbons (Fsp3) is 0.538. The van der Waals surface area contributed by atoms with Crippen LogP contribution >= 0.6 is 0 Å². The van der Waals surface area contributed by atoms with Crippen LogP contribution in [-0.4, -0.2) is 24.8 Å². The second kappa shape index (κ2) is 5.32. The van der Waals surface area contributed by atoms with Gasteiger partial charge in [0.05, 0.1) is 13.2 Å². The van der Waals surface area contributed by atoms with Crippen LogP contribution in [0.25, 0.3) is 0 Å². The lowest BCUT2D eigenvalue weighted by Gasteiger charge is -2.16. The molecule has 1 saturated heterocycles. The molecule has 3 heteroatoms. The van der Waals surface area contributed by atoms with E-state index in [-0.39, 0.29) is 0 Å². The normalized spacial score (nSPS) is 22.0. The Morgan fingerprint density at radius 2 is 2.44 bits per heavy atom. The molecule has 1 aromatic carbocycles. The maximum atomic E-state index is 10.1. The number of nitrogens with one attached hydrogen (secondary N) is 1. The Kier molecular flexibility index (Phi) is 3.80. The largest absolute Gasteiger partial charge is 0.497 e. The van der Waals surface area contributed by atoms with Crippen molar-refractivity contribution in [3.63, 3.8) is 0 Å². The summed E-state index contributed by atoms with van der Waals surface area (Å²) in [5.74, 6) is 0.802. The minimum Gasteiger partial charge on any atom is -0.497 e. The molecule has 3 nitrogen and oxygen atoms in total. The molecule has 2 atom stereocenters. The van der Waals surface area contributed by atoms with Gasteiger partial charge in [-0.2, -0.15) is 0 Å². The van der Waals surface area contributed by atoms with Crippen molar-refractivity contribution in [3.8, 4) is 5.75 Å². The summed E-state index contributed by atoms with van der Waals surface area (Å²) in [7, 11) is 1.64. The van der Waals surface area contributed by atoms with Crippen LogP contribution in [0.2, 0.25) is 0 Å². The third-order valence-electron chi connectivity index (χ3n) is 3.15. The van der Waals surface area contributed by atoms with E-state index in [9.17, 15) is 5.11 Å². The Hall–Kier alpha value is -1.06. The van der Waals surface area contributed by atoms with Gasteiger partial charge >= 0.3 is 0 Å². The van der Waals surface area contributed by atoms with Gasteiger partial charge in [-0.1, -0.05) is 12.1 Å². The third-order valence-corrected chi connectivity index (χ3v) is 3.15. The highest BCUT2D eigenvalue weighted by Gasteiger charge is 2.19. The zero-order chi connectivity index (χ0) is 11.4. The van der Waals surface area contributed by atoms with Gasteiger partial charge in [0, 0.05) is 6.04 Å². The summed E-state index contributed by atoms with van der Waals surface area (Å²) in [6.45, 7) is 1.08. The summed E-state index contributed by atoms with van der Waals surface area (Å²) in [5.41, 5.74) is 0.938. The SMILES string of the molecule is COc1cccc(C(O)CC2CCCN2)c1. The Balaban J connectivity index is 1.98. The Morgan fingerprint density at radius 3 is 3.12 bits per heavy atom. The first-order valence-corrected chi connectivity index (χ1v) is 5.85. The van der Waals surface area contributed by atoms with Crippen LogP contribution in [0.4, 0.5) is 0 Å². The number of rotatable bonds is 4. The maximum Gasteiger partial charge on any atom is 0.119 e. The van der Waals surface area contributed by atoms with Gasteiger partial charge < -0.3 is 15.2 Å². The molecule has 0 saturated carbocycles. The maximum absolute atomic E-state index is 10.1. The van der Waals surface area contributed by atoms with E-state index in [1.54, 1.807) is 7.11 Å². The first-order chi connectivity index (χ1) is 7.79. The van der Waals surface area contributed by atoms with Crippen LogP contribution in [0.1, 0.15) is 30.9 Å². The van der Waals surface area contributed by atoms with Gasteiger partial charge in [-0.25, -0.2) is 0 Å². The van der Waals surface area contributed by atoms with Crippen LogP contribution < -0.4 is 10.1 Å². The second-order valence-corrected chi connectivity index (χ2v) is 4.32. The minimum absolute atomic E-state index is 0.398. The molecule has 0 amide bonds. The summed E-state index contributed by atoms with van der Waals surface area (Å²) in [4.78, 5) is 0. The van der Waals surface area contributed by atoms with Crippen molar-refractivity contribution >= 4 is 0 Å². The van der Waals surface area contributed by atoms with Crippen molar-refractivity contribution in [1.82, 2.24) is 5.32 Å². The van der Waals surface area contributed by atoms with Crippen LogP contribution in [0.5, 0.6) is 5.75 Å². The van der Waals surface area contributed by atoms with Crippen LogP contribution in [0.3, 0.4) is 0 Å². The van der Waals surface area contributed by atoms with Gasteiger partial charge in [0.25, 0.3) is 0 Å². The molecule has 0 bridgehead atoms. The van der Waals surface area contributed by atoms with E-state index in [2.05, 4.69) is 5.32 Å². The van der Waals surface area contributed by atoms with Gasteiger partial charge in [-0.15, -0.1) is 0 Å². The standard InChI is InChI=1S/C13H19NO2/c1-16-12-6-2-4-10(8-12)13(15)9-11-5-3-7-14-11/h2,4,6,8,11,13-15H,3,5,7,9H2,1H3. The number of methoxy groups -OCH3 is 1. The molecule has 0 spiro atoms. The van der Waals surface area contributed by atoms with E-state index in [1.165, 1.54) is 12.8 Å². The quantitative estimate of drug-likeness (QED) is 0.815. The summed E-state index contributed by atoms with van der Waals surface area (Å²) in [5, 5.41) is 13.5. The first kappa shape index (κ1) is 11.4. The van der Waals surface area contributed by atoms with Crippen molar-refractivity contribution < 1.29 is 9.84 Å². The van der Waals surface area contributed by atoms with Crippen LogP contribution in [-0.2, 0) is 0 Å². The predicted molar refractivity (Wildman–Crippen MR) is 63.6 cm³/mol. The monoisotopic (exact) mass is 221 g/mol. The molecular formula is C13H19NO2. The summed E-state index contributed by atoms with van der Waals surface area (Å²) in [6, 6.07) is 8.12. The van der Waals surface area contributed by atoms with Crippen LogP contribution in [0.15, 0.2) is 24.3 Å². The number of hydrogen-bond acceptors (Lipinski definition) is 3. The highest BCUT2D eigenvalue weighted by Crippen LogP contribution is 2.24. The van der Waals surface area contributed by atoms with Gasteiger partial charge in [-0.3, -0.25) is 0 Å². The highest BCUT2D eigenvalue weighted by molar-refractivity contribution is 5.29. The van der Waals surface area contributed by atoms with Crippen molar-refractivity contribution in [2.45, 2.75) is 31.4 Å². The van der Waals surface area contributed by atoms with Crippen molar-refractivity contribution in [2.24, 2.45) is 0 Å². The number of benzene rings is 1. The first-order valence-electron chi connectivity index (χ1n) is 5.85. The Labute approximate surface area is 96.4 Å². The van der Waals surface area contributed by atoms with Gasteiger partial charge in [-0.05, 0) is 43.5 Å². The highest BCUT2D eigenvalue weighted by atomic mass is 16.5.